The quantitative estimate of drug-likeness (QED) is 0.193. The lowest BCUT2D eigenvalue weighted by molar-refractivity contribution is 0.959. The first-order valence-electron chi connectivity index (χ1n) is 14.6. The summed E-state index contributed by atoms with van der Waals surface area (Å²) >= 11 is 3.26. The van der Waals surface area contributed by atoms with Gasteiger partial charge in [-0.05, 0) is 48.5 Å². The minimum Gasteiger partial charge on any atom is -0.327 e. The molecule has 0 spiro atoms. The molecular formula is C37H24N6S2. The molecule has 5 heterocycles. The van der Waals surface area contributed by atoms with Gasteiger partial charge in [-0.25, -0.2) is 15.0 Å². The highest BCUT2D eigenvalue weighted by atomic mass is 32.1. The van der Waals surface area contributed by atoms with Crippen LogP contribution in [-0.4, -0.2) is 29.1 Å². The van der Waals surface area contributed by atoms with E-state index in [-0.39, 0.29) is 0 Å². The monoisotopic (exact) mass is 616 g/mol. The molecule has 0 aliphatic carbocycles. The van der Waals surface area contributed by atoms with E-state index in [1.54, 1.807) is 22.7 Å². The van der Waals surface area contributed by atoms with Crippen LogP contribution in [0.5, 0.6) is 0 Å². The van der Waals surface area contributed by atoms with Crippen molar-refractivity contribution in [1.29, 1.82) is 0 Å². The molecule has 0 aliphatic heterocycles. The fraction of sp³-hybridized carbons (Fsp3) is 0.0270. The van der Waals surface area contributed by atoms with Gasteiger partial charge in [0, 0.05) is 69.4 Å². The summed E-state index contributed by atoms with van der Waals surface area (Å²) in [5, 5.41) is 8.35. The molecular weight excluding hydrogens is 593 g/mol. The molecule has 0 radical (unpaired) electrons. The molecule has 8 heteroatoms. The Balaban J connectivity index is 1.29. The number of fused-ring (bicyclic) bond motifs is 4. The first-order chi connectivity index (χ1) is 22.2. The molecule has 0 amide bonds. The second-order valence-corrected chi connectivity index (χ2v) is 12.7. The van der Waals surface area contributed by atoms with Gasteiger partial charge in [-0.3, -0.25) is 4.98 Å². The van der Waals surface area contributed by atoms with Crippen molar-refractivity contribution in [1.82, 2.24) is 29.1 Å². The Morgan fingerprint density at radius 2 is 1.33 bits per heavy atom. The number of para-hydroxylation sites is 3. The minimum atomic E-state index is 0.906. The van der Waals surface area contributed by atoms with Gasteiger partial charge in [0.05, 0.1) is 33.4 Å². The van der Waals surface area contributed by atoms with Gasteiger partial charge in [-0.15, -0.1) is 22.7 Å². The van der Waals surface area contributed by atoms with E-state index in [4.69, 9.17) is 15.0 Å². The summed E-state index contributed by atoms with van der Waals surface area (Å²) in [6.45, 7) is 0. The van der Waals surface area contributed by atoms with Crippen LogP contribution in [0.1, 0.15) is 0 Å². The van der Waals surface area contributed by atoms with E-state index in [0.29, 0.717) is 0 Å². The lowest BCUT2D eigenvalue weighted by Gasteiger charge is -2.15. The smallest absolute Gasteiger partial charge is 0.140 e. The highest BCUT2D eigenvalue weighted by Crippen LogP contribution is 2.40. The Bertz CT molecular complexity index is 2490. The summed E-state index contributed by atoms with van der Waals surface area (Å²) in [6, 6.07) is 34.3. The number of thiazole rings is 2. The van der Waals surface area contributed by atoms with E-state index in [1.165, 1.54) is 10.8 Å². The van der Waals surface area contributed by atoms with E-state index in [0.717, 1.165) is 71.5 Å². The van der Waals surface area contributed by atoms with Crippen LogP contribution in [0.25, 0.3) is 82.3 Å². The number of benzene rings is 4. The fourth-order valence-electron chi connectivity index (χ4n) is 6.24. The fourth-order valence-corrected chi connectivity index (χ4v) is 7.54. The number of aryl methyl sites for hydroxylation is 1. The molecule has 0 saturated carbocycles. The van der Waals surface area contributed by atoms with Crippen LogP contribution < -0.4 is 0 Å². The summed E-state index contributed by atoms with van der Waals surface area (Å²) in [6.07, 6.45) is 5.60. The highest BCUT2D eigenvalue weighted by Gasteiger charge is 2.20. The second-order valence-electron chi connectivity index (χ2n) is 10.9. The van der Waals surface area contributed by atoms with Crippen LogP contribution in [-0.2, 0) is 7.05 Å². The van der Waals surface area contributed by atoms with Crippen LogP contribution in [0.15, 0.2) is 126 Å². The predicted molar refractivity (Wildman–Crippen MR) is 186 cm³/mol. The van der Waals surface area contributed by atoms with Crippen LogP contribution in [0.3, 0.4) is 0 Å². The molecule has 45 heavy (non-hydrogen) atoms. The summed E-state index contributed by atoms with van der Waals surface area (Å²) in [5.74, 6) is 0.938. The van der Waals surface area contributed by atoms with Gasteiger partial charge in [-0.2, -0.15) is 0 Å². The third-order valence-corrected chi connectivity index (χ3v) is 9.99. The molecule has 6 nitrogen and oxygen atoms in total. The van der Waals surface area contributed by atoms with Crippen molar-refractivity contribution >= 4 is 55.5 Å². The van der Waals surface area contributed by atoms with Crippen molar-refractivity contribution in [2.24, 2.45) is 7.05 Å². The zero-order chi connectivity index (χ0) is 29.9. The third kappa shape index (κ3) is 4.22. The van der Waals surface area contributed by atoms with Crippen molar-refractivity contribution in [3.05, 3.63) is 126 Å². The minimum absolute atomic E-state index is 0.906. The molecule has 9 rings (SSSR count). The molecule has 0 fully saturated rings. The molecule has 5 aromatic heterocycles. The van der Waals surface area contributed by atoms with Crippen molar-refractivity contribution in [3.8, 4) is 49.5 Å². The summed E-state index contributed by atoms with van der Waals surface area (Å²) < 4.78 is 4.55. The SMILES string of the molecule is Cn1c(-c2ccc3c4ccccc4n(-c4cc(-c5ccc(-c6nccs6)cn5)ccc4-c4nccs4)c3c2)nc2ccccc21. The Morgan fingerprint density at radius 3 is 2.11 bits per heavy atom. The molecule has 0 aliphatic rings. The zero-order valence-electron chi connectivity index (χ0n) is 24.1. The van der Waals surface area contributed by atoms with Gasteiger partial charge in [-0.1, -0.05) is 48.5 Å². The predicted octanol–water partition coefficient (Wildman–Crippen LogP) is 9.65. The lowest BCUT2D eigenvalue weighted by Crippen LogP contribution is -1.99. The number of hydrogen-bond donors (Lipinski definition) is 0. The number of pyridine rings is 1. The Kier molecular flexibility index (Phi) is 5.97. The van der Waals surface area contributed by atoms with Gasteiger partial charge < -0.3 is 9.13 Å². The Labute approximate surface area is 266 Å². The topological polar surface area (TPSA) is 61.4 Å². The lowest BCUT2D eigenvalue weighted by atomic mass is 10.0. The summed E-state index contributed by atoms with van der Waals surface area (Å²) in [5.41, 5.74) is 10.5. The number of hydrogen-bond acceptors (Lipinski definition) is 6. The molecule has 4 aromatic carbocycles. The summed E-state index contributed by atoms with van der Waals surface area (Å²) in [7, 11) is 2.08. The van der Waals surface area contributed by atoms with E-state index < -0.39 is 0 Å². The third-order valence-electron chi connectivity index (χ3n) is 8.36. The second kappa shape index (κ2) is 10.3. The van der Waals surface area contributed by atoms with Crippen molar-refractivity contribution in [2.45, 2.75) is 0 Å². The molecule has 0 saturated heterocycles. The number of nitrogens with zero attached hydrogens (tertiary/aromatic N) is 6. The number of rotatable bonds is 5. The van der Waals surface area contributed by atoms with Gasteiger partial charge in [0.2, 0.25) is 0 Å². The zero-order valence-corrected chi connectivity index (χ0v) is 25.8. The van der Waals surface area contributed by atoms with Crippen LogP contribution in [0, 0.1) is 0 Å². The standard InChI is InChI=1S/C37H24N6S2/c1-42-32-9-5-3-7-30(32)41-35(42)24-11-13-27-26-6-2-4-8-31(26)43(33(27)21-24)34-20-23(10-14-28(34)37-39-17-19-45-37)29-15-12-25(22-40-29)36-38-16-18-44-36/h2-22H,1H3. The highest BCUT2D eigenvalue weighted by molar-refractivity contribution is 7.13. The van der Waals surface area contributed by atoms with Crippen molar-refractivity contribution in [3.63, 3.8) is 0 Å². The molecule has 9 aromatic rings. The van der Waals surface area contributed by atoms with Gasteiger partial charge in [0.1, 0.15) is 15.8 Å². The normalized spacial score (nSPS) is 11.7. The maximum Gasteiger partial charge on any atom is 0.140 e. The van der Waals surface area contributed by atoms with Gasteiger partial charge in [0.15, 0.2) is 0 Å². The maximum absolute atomic E-state index is 5.02. The van der Waals surface area contributed by atoms with Gasteiger partial charge >= 0.3 is 0 Å². The maximum atomic E-state index is 5.02. The molecule has 214 valence electrons. The Hall–Kier alpha value is -5.44. The first kappa shape index (κ1) is 26.0. The van der Waals surface area contributed by atoms with Crippen LogP contribution >= 0.6 is 22.7 Å². The largest absolute Gasteiger partial charge is 0.327 e. The number of aromatic nitrogens is 6. The molecule has 0 atom stereocenters. The van der Waals surface area contributed by atoms with Crippen molar-refractivity contribution < 1.29 is 0 Å². The van der Waals surface area contributed by atoms with Crippen LogP contribution in [0.2, 0.25) is 0 Å². The van der Waals surface area contributed by atoms with Gasteiger partial charge in [0.25, 0.3) is 0 Å². The van der Waals surface area contributed by atoms with E-state index in [1.807, 2.05) is 35.4 Å². The van der Waals surface area contributed by atoms with Crippen molar-refractivity contribution in [2.75, 3.05) is 0 Å². The summed E-state index contributed by atoms with van der Waals surface area (Å²) in [4.78, 5) is 19.1. The number of imidazole rings is 1. The molecule has 0 N–H and O–H groups in total. The average molecular weight is 617 g/mol. The van der Waals surface area contributed by atoms with E-state index >= 15 is 0 Å². The average Bonchev–Trinajstić information content (AvgIpc) is 3.91. The molecule has 0 unspecified atom stereocenters. The Morgan fingerprint density at radius 1 is 0.600 bits per heavy atom. The molecule has 0 bridgehead atoms. The van der Waals surface area contributed by atoms with Crippen LogP contribution in [0.4, 0.5) is 0 Å². The first-order valence-corrected chi connectivity index (χ1v) is 16.3. The van der Waals surface area contributed by atoms with E-state index in [2.05, 4.69) is 112 Å². The van der Waals surface area contributed by atoms with E-state index in [9.17, 15) is 0 Å².